The maximum absolute atomic E-state index is 13.6. The van der Waals surface area contributed by atoms with Gasteiger partial charge in [-0.3, -0.25) is 0 Å². The van der Waals surface area contributed by atoms with Crippen molar-refractivity contribution in [1.82, 2.24) is 5.32 Å². The minimum atomic E-state index is -0.174. The molecule has 1 aromatic heterocycles. The summed E-state index contributed by atoms with van der Waals surface area (Å²) in [6, 6.07) is 7.36. The summed E-state index contributed by atoms with van der Waals surface area (Å²) in [4.78, 5) is 1.10. The Bertz CT molecular complexity index is 545. The molecule has 2 rings (SSSR count). The van der Waals surface area contributed by atoms with Crippen LogP contribution in [0.1, 0.15) is 27.6 Å². The molecule has 0 saturated carbocycles. The maximum atomic E-state index is 13.6. The van der Waals surface area contributed by atoms with Crippen molar-refractivity contribution in [2.75, 3.05) is 7.05 Å². The molecular formula is C14H15ClFNS. The molecule has 0 spiro atoms. The van der Waals surface area contributed by atoms with Gasteiger partial charge in [0, 0.05) is 4.88 Å². The Morgan fingerprint density at radius 2 is 1.94 bits per heavy atom. The molecule has 0 aliphatic heterocycles. The SMILES string of the molecule is CNC(c1ccc(C)c(F)c1)c1cc(C)c(Cl)s1. The number of hydrogen-bond acceptors (Lipinski definition) is 2. The fourth-order valence-corrected chi connectivity index (χ4v) is 3.24. The second-order valence-electron chi connectivity index (χ2n) is 4.34. The molecule has 0 aliphatic carbocycles. The van der Waals surface area contributed by atoms with Crippen molar-refractivity contribution < 1.29 is 4.39 Å². The summed E-state index contributed by atoms with van der Waals surface area (Å²) in [6.45, 7) is 3.74. The zero-order valence-electron chi connectivity index (χ0n) is 10.6. The van der Waals surface area contributed by atoms with Gasteiger partial charge in [-0.2, -0.15) is 0 Å². The standard InChI is InChI=1S/C14H15ClFNS/c1-8-4-5-10(7-11(8)16)13(17-3)12-6-9(2)14(15)18-12/h4-7,13,17H,1-3H3. The Hall–Kier alpha value is -0.900. The summed E-state index contributed by atoms with van der Waals surface area (Å²) in [6.07, 6.45) is 0. The molecule has 18 heavy (non-hydrogen) atoms. The van der Waals surface area contributed by atoms with Crippen molar-refractivity contribution in [3.05, 3.63) is 56.0 Å². The number of rotatable bonds is 3. The zero-order chi connectivity index (χ0) is 13.3. The first-order chi connectivity index (χ1) is 8.52. The fourth-order valence-electron chi connectivity index (χ4n) is 1.89. The van der Waals surface area contributed by atoms with Crippen LogP contribution in [0.15, 0.2) is 24.3 Å². The van der Waals surface area contributed by atoms with Gasteiger partial charge in [0.2, 0.25) is 0 Å². The van der Waals surface area contributed by atoms with Crippen LogP contribution >= 0.6 is 22.9 Å². The summed E-state index contributed by atoms with van der Waals surface area (Å²) < 4.78 is 14.4. The highest BCUT2D eigenvalue weighted by Crippen LogP contribution is 2.34. The van der Waals surface area contributed by atoms with Crippen LogP contribution in [0, 0.1) is 19.7 Å². The van der Waals surface area contributed by atoms with E-state index in [9.17, 15) is 4.39 Å². The third kappa shape index (κ3) is 2.58. The minimum absolute atomic E-state index is 0.0173. The van der Waals surface area contributed by atoms with E-state index < -0.39 is 0 Å². The van der Waals surface area contributed by atoms with Gasteiger partial charge >= 0.3 is 0 Å². The van der Waals surface area contributed by atoms with E-state index >= 15 is 0 Å². The van der Waals surface area contributed by atoms with Gasteiger partial charge in [0.25, 0.3) is 0 Å². The Balaban J connectivity index is 2.41. The molecule has 0 amide bonds. The second-order valence-corrected chi connectivity index (χ2v) is 6.02. The third-order valence-corrected chi connectivity index (χ3v) is 4.60. The first kappa shape index (κ1) is 13.5. The fraction of sp³-hybridized carbons (Fsp3) is 0.286. The van der Waals surface area contributed by atoms with Crippen molar-refractivity contribution in [2.45, 2.75) is 19.9 Å². The predicted octanol–water partition coefficient (Wildman–Crippen LogP) is 4.47. The van der Waals surface area contributed by atoms with Crippen LogP contribution in [0.5, 0.6) is 0 Å². The van der Waals surface area contributed by atoms with E-state index in [0.29, 0.717) is 5.56 Å². The van der Waals surface area contributed by atoms with E-state index in [-0.39, 0.29) is 11.9 Å². The monoisotopic (exact) mass is 283 g/mol. The maximum Gasteiger partial charge on any atom is 0.126 e. The van der Waals surface area contributed by atoms with Gasteiger partial charge in [0.05, 0.1) is 10.4 Å². The van der Waals surface area contributed by atoms with Crippen molar-refractivity contribution >= 4 is 22.9 Å². The lowest BCUT2D eigenvalue weighted by molar-refractivity contribution is 0.609. The first-order valence-electron chi connectivity index (χ1n) is 5.72. The molecular weight excluding hydrogens is 269 g/mol. The van der Waals surface area contributed by atoms with Crippen LogP contribution in [-0.2, 0) is 0 Å². The number of benzene rings is 1. The number of hydrogen-bond donors (Lipinski definition) is 1. The Morgan fingerprint density at radius 3 is 2.44 bits per heavy atom. The highest BCUT2D eigenvalue weighted by molar-refractivity contribution is 7.16. The molecule has 4 heteroatoms. The van der Waals surface area contributed by atoms with Crippen LogP contribution in [0.4, 0.5) is 4.39 Å². The number of thiophene rings is 1. The van der Waals surface area contributed by atoms with Crippen LogP contribution < -0.4 is 5.32 Å². The molecule has 1 unspecified atom stereocenters. The summed E-state index contributed by atoms with van der Waals surface area (Å²) in [5.74, 6) is -0.174. The Morgan fingerprint density at radius 1 is 1.22 bits per heavy atom. The van der Waals surface area contributed by atoms with Gasteiger partial charge in [0.1, 0.15) is 5.82 Å². The van der Waals surface area contributed by atoms with Crippen LogP contribution in [-0.4, -0.2) is 7.05 Å². The molecule has 0 aliphatic rings. The molecule has 1 atom stereocenters. The quantitative estimate of drug-likeness (QED) is 0.876. The molecule has 1 aromatic carbocycles. The molecule has 0 bridgehead atoms. The largest absolute Gasteiger partial charge is 0.309 e. The topological polar surface area (TPSA) is 12.0 Å². The van der Waals surface area contributed by atoms with Gasteiger partial charge in [-0.25, -0.2) is 4.39 Å². The molecule has 0 radical (unpaired) electrons. The Labute approximate surface area is 116 Å². The highest BCUT2D eigenvalue weighted by Gasteiger charge is 2.16. The van der Waals surface area contributed by atoms with E-state index in [1.54, 1.807) is 19.1 Å². The second kappa shape index (κ2) is 5.39. The smallest absolute Gasteiger partial charge is 0.126 e. The van der Waals surface area contributed by atoms with Crippen molar-refractivity contribution in [1.29, 1.82) is 0 Å². The molecule has 96 valence electrons. The van der Waals surface area contributed by atoms with E-state index in [1.165, 1.54) is 11.3 Å². The van der Waals surface area contributed by atoms with Gasteiger partial charge < -0.3 is 5.32 Å². The van der Waals surface area contributed by atoms with E-state index in [2.05, 4.69) is 5.32 Å². The van der Waals surface area contributed by atoms with Crippen molar-refractivity contribution in [3.8, 4) is 0 Å². The molecule has 2 aromatic rings. The van der Waals surface area contributed by atoms with Crippen molar-refractivity contribution in [3.63, 3.8) is 0 Å². The lowest BCUT2D eigenvalue weighted by atomic mass is 10.0. The third-order valence-electron chi connectivity index (χ3n) is 2.98. The average Bonchev–Trinajstić information content (AvgIpc) is 2.65. The van der Waals surface area contributed by atoms with Crippen LogP contribution in [0.2, 0.25) is 4.34 Å². The van der Waals surface area contributed by atoms with Crippen molar-refractivity contribution in [2.24, 2.45) is 0 Å². The first-order valence-corrected chi connectivity index (χ1v) is 6.91. The van der Waals surface area contributed by atoms with Gasteiger partial charge in [0.15, 0.2) is 0 Å². The highest BCUT2D eigenvalue weighted by atomic mass is 35.5. The van der Waals surface area contributed by atoms with E-state index in [0.717, 1.165) is 20.3 Å². The van der Waals surface area contributed by atoms with Crippen LogP contribution in [0.25, 0.3) is 0 Å². The van der Waals surface area contributed by atoms with Crippen LogP contribution in [0.3, 0.4) is 0 Å². The van der Waals surface area contributed by atoms with Gasteiger partial charge in [-0.05, 0) is 49.7 Å². The zero-order valence-corrected chi connectivity index (χ0v) is 12.1. The molecule has 0 fully saturated rings. The summed E-state index contributed by atoms with van der Waals surface area (Å²) in [7, 11) is 1.87. The average molecular weight is 284 g/mol. The summed E-state index contributed by atoms with van der Waals surface area (Å²) in [5, 5.41) is 3.21. The number of nitrogens with one attached hydrogen (secondary N) is 1. The molecule has 0 saturated heterocycles. The van der Waals surface area contributed by atoms with Gasteiger partial charge in [-0.1, -0.05) is 23.7 Å². The molecule has 1 nitrogen and oxygen atoms in total. The Kier molecular flexibility index (Phi) is 4.05. The predicted molar refractivity (Wildman–Crippen MR) is 76.1 cm³/mol. The lowest BCUT2D eigenvalue weighted by Gasteiger charge is -2.15. The summed E-state index contributed by atoms with van der Waals surface area (Å²) >= 11 is 7.62. The van der Waals surface area contributed by atoms with E-state index in [1.807, 2.05) is 26.1 Å². The number of halogens is 2. The molecule has 1 N–H and O–H groups in total. The normalized spacial score (nSPS) is 12.7. The molecule has 1 heterocycles. The minimum Gasteiger partial charge on any atom is -0.309 e. The number of aryl methyl sites for hydroxylation is 2. The van der Waals surface area contributed by atoms with E-state index in [4.69, 9.17) is 11.6 Å². The lowest BCUT2D eigenvalue weighted by Crippen LogP contribution is -2.16. The van der Waals surface area contributed by atoms with Gasteiger partial charge in [-0.15, -0.1) is 11.3 Å². The summed E-state index contributed by atoms with van der Waals surface area (Å²) in [5.41, 5.74) is 2.64.